The zero-order valence-electron chi connectivity index (χ0n) is 12.0. The predicted molar refractivity (Wildman–Crippen MR) is 73.5 cm³/mol. The van der Waals surface area contributed by atoms with Crippen molar-refractivity contribution in [1.29, 1.82) is 0 Å². The van der Waals surface area contributed by atoms with Crippen molar-refractivity contribution < 1.29 is 14.7 Å². The standard InChI is InChI=1S/C14H26N2O3/c1-14(2,8-10-17)16-12(18)7-9-15-13(19)11-5-3-4-6-11/h11,17H,3-10H2,1-2H3,(H,15,19)(H,16,18). The van der Waals surface area contributed by atoms with Gasteiger partial charge in [-0.25, -0.2) is 0 Å². The van der Waals surface area contributed by atoms with Crippen LogP contribution in [0.3, 0.4) is 0 Å². The molecule has 0 atom stereocenters. The molecule has 0 aliphatic heterocycles. The maximum Gasteiger partial charge on any atom is 0.223 e. The first-order valence-corrected chi connectivity index (χ1v) is 7.14. The van der Waals surface area contributed by atoms with Crippen LogP contribution in [-0.4, -0.2) is 35.6 Å². The van der Waals surface area contributed by atoms with Crippen molar-refractivity contribution in [2.45, 2.75) is 57.9 Å². The van der Waals surface area contributed by atoms with Crippen molar-refractivity contribution in [3.8, 4) is 0 Å². The highest BCUT2D eigenvalue weighted by molar-refractivity contribution is 5.80. The van der Waals surface area contributed by atoms with Gasteiger partial charge in [-0.1, -0.05) is 12.8 Å². The van der Waals surface area contributed by atoms with Gasteiger partial charge in [0.05, 0.1) is 0 Å². The van der Waals surface area contributed by atoms with Crippen LogP contribution in [0, 0.1) is 5.92 Å². The number of aliphatic hydroxyl groups excluding tert-OH is 1. The van der Waals surface area contributed by atoms with Crippen LogP contribution in [-0.2, 0) is 9.59 Å². The van der Waals surface area contributed by atoms with Gasteiger partial charge in [0, 0.05) is 31.0 Å². The first kappa shape index (κ1) is 16.0. The van der Waals surface area contributed by atoms with Gasteiger partial charge in [0.2, 0.25) is 11.8 Å². The first-order chi connectivity index (χ1) is 8.94. The van der Waals surface area contributed by atoms with Crippen LogP contribution in [0.2, 0.25) is 0 Å². The van der Waals surface area contributed by atoms with Crippen LogP contribution < -0.4 is 10.6 Å². The summed E-state index contributed by atoms with van der Waals surface area (Å²) < 4.78 is 0. The molecule has 0 aromatic rings. The molecule has 0 radical (unpaired) electrons. The second kappa shape index (κ2) is 7.48. The summed E-state index contributed by atoms with van der Waals surface area (Å²) in [5, 5.41) is 14.6. The highest BCUT2D eigenvalue weighted by Crippen LogP contribution is 2.24. The van der Waals surface area contributed by atoms with Gasteiger partial charge in [0.25, 0.3) is 0 Å². The topological polar surface area (TPSA) is 78.4 Å². The number of aliphatic hydroxyl groups is 1. The average Bonchev–Trinajstić information content (AvgIpc) is 2.81. The van der Waals surface area contributed by atoms with Gasteiger partial charge < -0.3 is 15.7 Å². The summed E-state index contributed by atoms with van der Waals surface area (Å²) in [6.07, 6.45) is 5.02. The highest BCUT2D eigenvalue weighted by Gasteiger charge is 2.23. The number of rotatable bonds is 7. The van der Waals surface area contributed by atoms with E-state index in [9.17, 15) is 9.59 Å². The minimum Gasteiger partial charge on any atom is -0.396 e. The predicted octanol–water partition coefficient (Wildman–Crippen LogP) is 0.960. The lowest BCUT2D eigenvalue weighted by Gasteiger charge is -2.25. The second-order valence-corrected chi connectivity index (χ2v) is 5.93. The first-order valence-electron chi connectivity index (χ1n) is 7.14. The van der Waals surface area contributed by atoms with Gasteiger partial charge in [-0.3, -0.25) is 9.59 Å². The third-order valence-corrected chi connectivity index (χ3v) is 3.59. The van der Waals surface area contributed by atoms with Gasteiger partial charge in [-0.05, 0) is 33.1 Å². The molecule has 19 heavy (non-hydrogen) atoms. The van der Waals surface area contributed by atoms with E-state index in [2.05, 4.69) is 10.6 Å². The Labute approximate surface area is 115 Å². The molecule has 0 spiro atoms. The van der Waals surface area contributed by atoms with Gasteiger partial charge in [-0.15, -0.1) is 0 Å². The van der Waals surface area contributed by atoms with E-state index in [1.807, 2.05) is 13.8 Å². The van der Waals surface area contributed by atoms with Gasteiger partial charge in [0.15, 0.2) is 0 Å². The van der Waals surface area contributed by atoms with Gasteiger partial charge in [0.1, 0.15) is 0 Å². The third-order valence-electron chi connectivity index (χ3n) is 3.59. The molecule has 1 saturated carbocycles. The molecular formula is C14H26N2O3. The number of carbonyl (C=O) groups is 2. The normalized spacial score (nSPS) is 16.4. The molecule has 5 heteroatoms. The molecule has 3 N–H and O–H groups in total. The Hall–Kier alpha value is -1.10. The summed E-state index contributed by atoms with van der Waals surface area (Å²) in [5.74, 6) is 0.138. The van der Waals surface area contributed by atoms with Crippen molar-refractivity contribution in [2.75, 3.05) is 13.2 Å². The maximum absolute atomic E-state index is 11.7. The molecule has 0 unspecified atom stereocenters. The Morgan fingerprint density at radius 1 is 1.26 bits per heavy atom. The minimum atomic E-state index is -0.401. The summed E-state index contributed by atoms with van der Waals surface area (Å²) in [6, 6.07) is 0. The lowest BCUT2D eigenvalue weighted by Crippen LogP contribution is -2.45. The fraction of sp³-hybridized carbons (Fsp3) is 0.857. The molecule has 0 aromatic carbocycles. The Morgan fingerprint density at radius 2 is 1.89 bits per heavy atom. The highest BCUT2D eigenvalue weighted by atomic mass is 16.3. The number of carbonyl (C=O) groups excluding carboxylic acids is 2. The number of amides is 2. The Bertz CT molecular complexity index is 310. The fourth-order valence-corrected chi connectivity index (χ4v) is 2.41. The molecule has 1 rings (SSSR count). The van der Waals surface area contributed by atoms with Crippen LogP contribution >= 0.6 is 0 Å². The van der Waals surface area contributed by atoms with Gasteiger partial charge in [-0.2, -0.15) is 0 Å². The largest absolute Gasteiger partial charge is 0.396 e. The monoisotopic (exact) mass is 270 g/mol. The van der Waals surface area contributed by atoms with E-state index in [0.29, 0.717) is 13.0 Å². The molecular weight excluding hydrogens is 244 g/mol. The van der Waals surface area contributed by atoms with Crippen molar-refractivity contribution in [3.05, 3.63) is 0 Å². The summed E-state index contributed by atoms with van der Waals surface area (Å²) in [4.78, 5) is 23.4. The third kappa shape index (κ3) is 6.05. The van der Waals surface area contributed by atoms with Gasteiger partial charge >= 0.3 is 0 Å². The second-order valence-electron chi connectivity index (χ2n) is 5.93. The van der Waals surface area contributed by atoms with E-state index in [0.717, 1.165) is 25.7 Å². The quantitative estimate of drug-likeness (QED) is 0.645. The number of nitrogens with one attached hydrogen (secondary N) is 2. The zero-order valence-corrected chi connectivity index (χ0v) is 12.0. The summed E-state index contributed by atoms with van der Waals surface area (Å²) in [7, 11) is 0. The lowest BCUT2D eigenvalue weighted by molar-refractivity contribution is -0.125. The van der Waals surface area contributed by atoms with E-state index >= 15 is 0 Å². The maximum atomic E-state index is 11.7. The summed E-state index contributed by atoms with van der Waals surface area (Å²) in [5.41, 5.74) is -0.401. The zero-order chi connectivity index (χ0) is 14.3. The Kier molecular flexibility index (Phi) is 6.28. The lowest BCUT2D eigenvalue weighted by atomic mass is 10.0. The van der Waals surface area contributed by atoms with Crippen molar-refractivity contribution >= 4 is 11.8 Å². The smallest absolute Gasteiger partial charge is 0.223 e. The average molecular weight is 270 g/mol. The Morgan fingerprint density at radius 3 is 2.47 bits per heavy atom. The van der Waals surface area contributed by atoms with Crippen molar-refractivity contribution in [2.24, 2.45) is 5.92 Å². The minimum absolute atomic E-state index is 0.0473. The molecule has 1 fully saturated rings. The van der Waals surface area contributed by atoms with Crippen LogP contribution in [0.5, 0.6) is 0 Å². The molecule has 2 amide bonds. The van der Waals surface area contributed by atoms with Crippen molar-refractivity contribution in [1.82, 2.24) is 10.6 Å². The molecule has 1 aliphatic rings. The molecule has 0 aromatic heterocycles. The van der Waals surface area contributed by atoms with Crippen LogP contribution in [0.15, 0.2) is 0 Å². The van der Waals surface area contributed by atoms with Crippen LogP contribution in [0.1, 0.15) is 52.4 Å². The summed E-state index contributed by atoms with van der Waals surface area (Å²) in [6.45, 7) is 4.18. The molecule has 0 bridgehead atoms. The fourth-order valence-electron chi connectivity index (χ4n) is 2.41. The van der Waals surface area contributed by atoms with Crippen LogP contribution in [0.4, 0.5) is 0 Å². The molecule has 5 nitrogen and oxygen atoms in total. The molecule has 0 saturated heterocycles. The van der Waals surface area contributed by atoms with E-state index < -0.39 is 5.54 Å². The van der Waals surface area contributed by atoms with Crippen molar-refractivity contribution in [3.63, 3.8) is 0 Å². The molecule has 1 aliphatic carbocycles. The SMILES string of the molecule is CC(C)(CCO)NC(=O)CCNC(=O)C1CCCC1. The van der Waals surface area contributed by atoms with E-state index in [-0.39, 0.29) is 30.8 Å². The van der Waals surface area contributed by atoms with Crippen LogP contribution in [0.25, 0.3) is 0 Å². The van der Waals surface area contributed by atoms with E-state index in [1.165, 1.54) is 0 Å². The van der Waals surface area contributed by atoms with E-state index in [4.69, 9.17) is 5.11 Å². The number of hydrogen-bond acceptors (Lipinski definition) is 3. The number of hydrogen-bond donors (Lipinski definition) is 3. The summed E-state index contributed by atoms with van der Waals surface area (Å²) >= 11 is 0. The molecule has 0 heterocycles. The molecule has 110 valence electrons. The Balaban J connectivity index is 2.18. The van der Waals surface area contributed by atoms with E-state index in [1.54, 1.807) is 0 Å².